The molecule has 5 N–H and O–H groups in total. The molecule has 0 radical (unpaired) electrons. The summed E-state index contributed by atoms with van der Waals surface area (Å²) in [5.41, 5.74) is 13.0. The molecule has 1 heterocycles. The second kappa shape index (κ2) is 5.66. The first kappa shape index (κ1) is 11.9. The van der Waals surface area contributed by atoms with Crippen molar-refractivity contribution in [3.05, 3.63) is 23.2 Å². The Hall–Kier alpha value is -1.16. The van der Waals surface area contributed by atoms with Crippen LogP contribution in [0.15, 0.2) is 23.2 Å². The zero-order valence-corrected chi connectivity index (χ0v) is 9.55. The van der Waals surface area contributed by atoms with Gasteiger partial charge in [0.2, 0.25) is 0 Å². The Morgan fingerprint density at radius 1 is 1.27 bits per heavy atom. The van der Waals surface area contributed by atoms with Crippen LogP contribution in [-0.4, -0.2) is 19.2 Å². The van der Waals surface area contributed by atoms with E-state index in [2.05, 4.69) is 5.32 Å². The third-order valence-corrected chi connectivity index (χ3v) is 2.41. The first-order valence-corrected chi connectivity index (χ1v) is 5.37. The smallest absolute Gasteiger partial charge is 0.187 e. The van der Waals surface area contributed by atoms with Crippen molar-refractivity contribution in [2.75, 3.05) is 13.1 Å². The van der Waals surface area contributed by atoms with Crippen LogP contribution in [-0.2, 0) is 4.74 Å². The van der Waals surface area contributed by atoms with Gasteiger partial charge in [-0.15, -0.1) is 0 Å². The Morgan fingerprint density at radius 2 is 1.87 bits per heavy atom. The molecule has 1 aliphatic rings. The first-order valence-electron chi connectivity index (χ1n) is 5.37. The Kier molecular flexibility index (Phi) is 4.49. The highest BCUT2D eigenvalue weighted by Gasteiger charge is 2.14. The summed E-state index contributed by atoms with van der Waals surface area (Å²) in [7, 11) is 0. The van der Waals surface area contributed by atoms with Gasteiger partial charge in [0.15, 0.2) is 5.88 Å². The standard InChI is InChI=1S/C11H21N3O/c1-8(7-9(2)12)11(13)15-10-3-5-14-6-4-10/h7,10,14H,3-6,12-13H2,1-2H3/b9-7-,11-8+. The molecule has 0 unspecified atom stereocenters. The van der Waals surface area contributed by atoms with Crippen LogP contribution >= 0.6 is 0 Å². The van der Waals surface area contributed by atoms with E-state index >= 15 is 0 Å². The SMILES string of the molecule is C/C(N)=C/C(C)=C(\N)OC1CCNCC1. The lowest BCUT2D eigenvalue weighted by atomic mass is 10.1. The highest BCUT2D eigenvalue weighted by molar-refractivity contribution is 5.21. The maximum atomic E-state index is 5.83. The van der Waals surface area contributed by atoms with E-state index in [1.165, 1.54) is 0 Å². The van der Waals surface area contributed by atoms with Crippen LogP contribution in [0.5, 0.6) is 0 Å². The molecule has 4 heteroatoms. The molecule has 1 aliphatic heterocycles. The van der Waals surface area contributed by atoms with Crippen molar-refractivity contribution in [3.8, 4) is 0 Å². The van der Waals surface area contributed by atoms with E-state index in [9.17, 15) is 0 Å². The molecule has 0 saturated carbocycles. The number of nitrogens with one attached hydrogen (secondary N) is 1. The van der Waals surface area contributed by atoms with Gasteiger partial charge < -0.3 is 21.5 Å². The monoisotopic (exact) mass is 211 g/mol. The summed E-state index contributed by atoms with van der Waals surface area (Å²) < 4.78 is 5.67. The Bertz CT molecular complexity index is 261. The minimum absolute atomic E-state index is 0.243. The molecule has 0 aromatic rings. The number of ether oxygens (including phenoxy) is 1. The van der Waals surface area contributed by atoms with Crippen molar-refractivity contribution in [2.45, 2.75) is 32.8 Å². The van der Waals surface area contributed by atoms with Crippen LogP contribution in [0, 0.1) is 0 Å². The molecule has 0 aliphatic carbocycles. The highest BCUT2D eigenvalue weighted by atomic mass is 16.5. The summed E-state index contributed by atoms with van der Waals surface area (Å²) in [5.74, 6) is 0.492. The van der Waals surface area contributed by atoms with E-state index in [1.54, 1.807) is 0 Å². The summed E-state index contributed by atoms with van der Waals surface area (Å²) in [6.45, 7) is 5.75. The molecule has 0 aromatic carbocycles. The van der Waals surface area contributed by atoms with Crippen molar-refractivity contribution in [2.24, 2.45) is 11.5 Å². The van der Waals surface area contributed by atoms with E-state index in [0.717, 1.165) is 37.2 Å². The van der Waals surface area contributed by atoms with Crippen molar-refractivity contribution in [1.82, 2.24) is 5.32 Å². The number of allylic oxidation sites excluding steroid dienone is 3. The maximum absolute atomic E-state index is 5.83. The number of nitrogens with two attached hydrogens (primary N) is 2. The van der Waals surface area contributed by atoms with Gasteiger partial charge in [-0.05, 0) is 45.9 Å². The molecule has 0 aromatic heterocycles. The first-order chi connectivity index (χ1) is 7.09. The maximum Gasteiger partial charge on any atom is 0.187 e. The largest absolute Gasteiger partial charge is 0.476 e. The predicted molar refractivity (Wildman–Crippen MR) is 61.8 cm³/mol. The summed E-state index contributed by atoms with van der Waals surface area (Å²) in [6, 6.07) is 0. The van der Waals surface area contributed by atoms with E-state index in [1.807, 2.05) is 19.9 Å². The molecule has 15 heavy (non-hydrogen) atoms. The lowest BCUT2D eigenvalue weighted by Crippen LogP contribution is -2.33. The van der Waals surface area contributed by atoms with Crippen LogP contribution in [0.1, 0.15) is 26.7 Å². The Labute approximate surface area is 91.3 Å². The van der Waals surface area contributed by atoms with Gasteiger partial charge in [0, 0.05) is 11.3 Å². The van der Waals surface area contributed by atoms with Crippen molar-refractivity contribution in [1.29, 1.82) is 0 Å². The van der Waals surface area contributed by atoms with Crippen LogP contribution in [0.25, 0.3) is 0 Å². The molecular formula is C11H21N3O. The Balaban J connectivity index is 2.52. The van der Waals surface area contributed by atoms with Crippen molar-refractivity contribution in [3.63, 3.8) is 0 Å². The van der Waals surface area contributed by atoms with Crippen molar-refractivity contribution < 1.29 is 4.74 Å². The summed E-state index contributed by atoms with van der Waals surface area (Å²) in [5, 5.41) is 3.28. The van der Waals surface area contributed by atoms with Crippen LogP contribution in [0.4, 0.5) is 0 Å². The van der Waals surface area contributed by atoms with Crippen LogP contribution in [0.3, 0.4) is 0 Å². The molecule has 0 bridgehead atoms. The van der Waals surface area contributed by atoms with Crippen LogP contribution in [0.2, 0.25) is 0 Å². The van der Waals surface area contributed by atoms with Gasteiger partial charge in [-0.1, -0.05) is 0 Å². The van der Waals surface area contributed by atoms with Gasteiger partial charge in [-0.25, -0.2) is 0 Å². The molecule has 1 fully saturated rings. The van der Waals surface area contributed by atoms with Gasteiger partial charge in [-0.2, -0.15) is 0 Å². The summed E-state index contributed by atoms with van der Waals surface area (Å²) in [6.07, 6.45) is 4.10. The quantitative estimate of drug-likeness (QED) is 0.477. The van der Waals surface area contributed by atoms with Gasteiger partial charge in [-0.3, -0.25) is 0 Å². The zero-order valence-electron chi connectivity index (χ0n) is 9.55. The Morgan fingerprint density at radius 3 is 2.40 bits per heavy atom. The lowest BCUT2D eigenvalue weighted by molar-refractivity contribution is 0.0849. The molecule has 86 valence electrons. The van der Waals surface area contributed by atoms with E-state index in [0.29, 0.717) is 5.88 Å². The van der Waals surface area contributed by atoms with Gasteiger partial charge >= 0.3 is 0 Å². The van der Waals surface area contributed by atoms with E-state index < -0.39 is 0 Å². The molecule has 1 saturated heterocycles. The third-order valence-electron chi connectivity index (χ3n) is 2.41. The number of piperidine rings is 1. The fourth-order valence-electron chi connectivity index (χ4n) is 1.60. The minimum Gasteiger partial charge on any atom is -0.476 e. The normalized spacial score (nSPS) is 21.1. The van der Waals surface area contributed by atoms with Crippen LogP contribution < -0.4 is 16.8 Å². The molecule has 0 amide bonds. The number of hydrogen-bond donors (Lipinski definition) is 3. The number of hydrogen-bond acceptors (Lipinski definition) is 4. The molecular weight excluding hydrogens is 190 g/mol. The fourth-order valence-corrected chi connectivity index (χ4v) is 1.60. The molecule has 0 atom stereocenters. The zero-order chi connectivity index (χ0) is 11.3. The minimum atomic E-state index is 0.243. The lowest BCUT2D eigenvalue weighted by Gasteiger charge is -2.24. The molecule has 1 rings (SSSR count). The summed E-state index contributed by atoms with van der Waals surface area (Å²) in [4.78, 5) is 0. The second-order valence-electron chi connectivity index (χ2n) is 4.00. The topological polar surface area (TPSA) is 73.3 Å². The molecule has 0 spiro atoms. The molecule has 4 nitrogen and oxygen atoms in total. The van der Waals surface area contributed by atoms with E-state index in [4.69, 9.17) is 16.2 Å². The summed E-state index contributed by atoms with van der Waals surface area (Å²) >= 11 is 0. The number of rotatable bonds is 3. The fraction of sp³-hybridized carbons (Fsp3) is 0.636. The predicted octanol–water partition coefficient (Wildman–Crippen LogP) is 0.808. The van der Waals surface area contributed by atoms with E-state index in [-0.39, 0.29) is 6.10 Å². The van der Waals surface area contributed by atoms with Crippen molar-refractivity contribution >= 4 is 0 Å². The van der Waals surface area contributed by atoms with Gasteiger partial charge in [0.05, 0.1) is 0 Å². The average Bonchev–Trinajstić information content (AvgIpc) is 2.18. The van der Waals surface area contributed by atoms with Gasteiger partial charge in [0.25, 0.3) is 0 Å². The second-order valence-corrected chi connectivity index (χ2v) is 4.00. The third kappa shape index (κ3) is 4.25. The van der Waals surface area contributed by atoms with Gasteiger partial charge in [0.1, 0.15) is 6.10 Å². The highest BCUT2D eigenvalue weighted by Crippen LogP contribution is 2.12. The average molecular weight is 211 g/mol.